The zero-order valence-electron chi connectivity index (χ0n) is 18.0. The van der Waals surface area contributed by atoms with Crippen LogP contribution in [-0.2, 0) is 13.0 Å². The molecule has 1 nitrogen and oxygen atoms in total. The Morgan fingerprint density at radius 3 is 2.04 bits per heavy atom. The summed E-state index contributed by atoms with van der Waals surface area (Å²) in [6.45, 7) is 5.19. The molecule has 0 atom stereocenters. The molecule has 1 saturated carbocycles. The van der Waals surface area contributed by atoms with E-state index in [1.807, 2.05) is 0 Å². The number of hydrogen-bond donors (Lipinski definition) is 0. The minimum Gasteiger partial charge on any atom is -0.489 e. The van der Waals surface area contributed by atoms with Crippen LogP contribution in [0.5, 0.6) is 5.75 Å². The maximum absolute atomic E-state index is 5.99. The number of ether oxygens (including phenoxy) is 1. The number of unbranched alkanes of at least 4 members (excludes halogenated alkanes) is 2. The van der Waals surface area contributed by atoms with E-state index in [1.54, 1.807) is 0 Å². The molecule has 0 heterocycles. The third-order valence-corrected chi connectivity index (χ3v) is 6.41. The Bertz CT molecular complexity index is 662. The Kier molecular flexibility index (Phi) is 8.45. The molecular formula is C27H38O. The van der Waals surface area contributed by atoms with E-state index in [0.717, 1.165) is 17.6 Å². The first-order valence-corrected chi connectivity index (χ1v) is 11.6. The van der Waals surface area contributed by atoms with Crippen LogP contribution in [0.2, 0.25) is 0 Å². The number of hydrogen-bond acceptors (Lipinski definition) is 1. The van der Waals surface area contributed by atoms with Gasteiger partial charge < -0.3 is 4.74 Å². The highest BCUT2D eigenvalue weighted by molar-refractivity contribution is 5.29. The van der Waals surface area contributed by atoms with Crippen LogP contribution < -0.4 is 4.74 Å². The molecule has 0 unspecified atom stereocenters. The van der Waals surface area contributed by atoms with E-state index in [-0.39, 0.29) is 0 Å². The Morgan fingerprint density at radius 2 is 1.39 bits per heavy atom. The van der Waals surface area contributed by atoms with Gasteiger partial charge in [-0.25, -0.2) is 0 Å². The molecule has 3 rings (SSSR count). The molecule has 0 aromatic heterocycles. The predicted molar refractivity (Wildman–Crippen MR) is 120 cm³/mol. The second-order valence-electron chi connectivity index (χ2n) is 8.64. The van der Waals surface area contributed by atoms with Crippen LogP contribution in [-0.4, -0.2) is 0 Å². The first-order chi connectivity index (χ1) is 13.8. The summed E-state index contributed by atoms with van der Waals surface area (Å²) in [5.41, 5.74) is 4.19. The summed E-state index contributed by atoms with van der Waals surface area (Å²) in [4.78, 5) is 0. The predicted octanol–water partition coefficient (Wildman–Crippen LogP) is 8.07. The molecule has 2 aromatic carbocycles. The second kappa shape index (κ2) is 11.3. The van der Waals surface area contributed by atoms with Crippen molar-refractivity contribution in [1.82, 2.24) is 0 Å². The highest BCUT2D eigenvalue weighted by atomic mass is 16.5. The molecule has 152 valence electrons. The normalized spacial score (nSPS) is 19.5. The van der Waals surface area contributed by atoms with Gasteiger partial charge in [0.2, 0.25) is 0 Å². The van der Waals surface area contributed by atoms with Crippen molar-refractivity contribution in [3.05, 3.63) is 65.2 Å². The van der Waals surface area contributed by atoms with Crippen LogP contribution in [0.4, 0.5) is 0 Å². The Balaban J connectivity index is 1.44. The largest absolute Gasteiger partial charge is 0.489 e. The molecule has 1 heteroatoms. The second-order valence-corrected chi connectivity index (χ2v) is 8.64. The van der Waals surface area contributed by atoms with E-state index < -0.39 is 0 Å². The van der Waals surface area contributed by atoms with Gasteiger partial charge in [-0.2, -0.15) is 0 Å². The van der Waals surface area contributed by atoms with Crippen molar-refractivity contribution in [2.75, 3.05) is 0 Å². The van der Waals surface area contributed by atoms with Crippen LogP contribution >= 0.6 is 0 Å². The fraction of sp³-hybridized carbons (Fsp3) is 0.556. The topological polar surface area (TPSA) is 9.23 Å². The smallest absolute Gasteiger partial charge is 0.119 e. The maximum Gasteiger partial charge on any atom is 0.119 e. The Labute approximate surface area is 172 Å². The molecule has 0 saturated heterocycles. The van der Waals surface area contributed by atoms with Crippen LogP contribution in [0.1, 0.15) is 94.2 Å². The average Bonchev–Trinajstić information content (AvgIpc) is 2.76. The lowest BCUT2D eigenvalue weighted by Crippen LogP contribution is -2.13. The van der Waals surface area contributed by atoms with Crippen molar-refractivity contribution < 1.29 is 4.74 Å². The average molecular weight is 379 g/mol. The minimum atomic E-state index is 0.651. The quantitative estimate of drug-likeness (QED) is 0.406. The van der Waals surface area contributed by atoms with Gasteiger partial charge in [0.25, 0.3) is 0 Å². The summed E-state index contributed by atoms with van der Waals surface area (Å²) in [6.07, 6.45) is 13.4. The van der Waals surface area contributed by atoms with Crippen LogP contribution in [0.3, 0.4) is 0 Å². The summed E-state index contributed by atoms with van der Waals surface area (Å²) in [5.74, 6) is 2.72. The SMILES string of the molecule is CCCCc1ccc(OCc2ccc(C3CCC(CCCC)CC3)cc2)cc1. The lowest BCUT2D eigenvalue weighted by Gasteiger charge is -2.29. The number of benzene rings is 2. The molecule has 1 fully saturated rings. The fourth-order valence-corrected chi connectivity index (χ4v) is 4.46. The van der Waals surface area contributed by atoms with Crippen molar-refractivity contribution in [3.8, 4) is 5.75 Å². The van der Waals surface area contributed by atoms with Gasteiger partial charge in [0.15, 0.2) is 0 Å². The van der Waals surface area contributed by atoms with Crippen LogP contribution in [0.25, 0.3) is 0 Å². The highest BCUT2D eigenvalue weighted by Gasteiger charge is 2.21. The standard InChI is InChI=1S/C27H38O/c1-3-5-7-22-9-15-25(16-10-22)26-17-11-24(12-18-26)21-28-27-19-13-23(14-20-27)8-6-4-2/h11-14,17-20,22,25H,3-10,15-16,21H2,1-2H3. The van der Waals surface area contributed by atoms with Crippen molar-refractivity contribution in [2.24, 2.45) is 5.92 Å². The van der Waals surface area contributed by atoms with E-state index in [2.05, 4.69) is 62.4 Å². The van der Waals surface area contributed by atoms with Gasteiger partial charge in [-0.3, -0.25) is 0 Å². The molecule has 28 heavy (non-hydrogen) atoms. The summed E-state index contributed by atoms with van der Waals surface area (Å²) in [7, 11) is 0. The Hall–Kier alpha value is -1.76. The third kappa shape index (κ3) is 6.40. The molecule has 0 N–H and O–H groups in total. The molecule has 1 aliphatic rings. The van der Waals surface area contributed by atoms with Gasteiger partial charge in [0, 0.05) is 0 Å². The van der Waals surface area contributed by atoms with Gasteiger partial charge in [0.05, 0.1) is 0 Å². The van der Waals surface area contributed by atoms with Gasteiger partial charge in [-0.1, -0.05) is 75.9 Å². The monoisotopic (exact) mass is 378 g/mol. The van der Waals surface area contributed by atoms with Gasteiger partial charge in [-0.15, -0.1) is 0 Å². The lowest BCUT2D eigenvalue weighted by atomic mass is 9.77. The van der Waals surface area contributed by atoms with E-state index in [1.165, 1.54) is 80.9 Å². The van der Waals surface area contributed by atoms with Crippen molar-refractivity contribution in [2.45, 2.75) is 90.6 Å². The van der Waals surface area contributed by atoms with E-state index >= 15 is 0 Å². The lowest BCUT2D eigenvalue weighted by molar-refractivity contribution is 0.302. The molecule has 0 bridgehead atoms. The molecular weight excluding hydrogens is 340 g/mol. The summed E-state index contributed by atoms with van der Waals surface area (Å²) < 4.78 is 5.99. The zero-order chi connectivity index (χ0) is 19.6. The highest BCUT2D eigenvalue weighted by Crippen LogP contribution is 2.37. The Morgan fingerprint density at radius 1 is 0.750 bits per heavy atom. The molecule has 1 aliphatic carbocycles. The molecule has 0 radical (unpaired) electrons. The first-order valence-electron chi connectivity index (χ1n) is 11.6. The van der Waals surface area contributed by atoms with Crippen molar-refractivity contribution in [3.63, 3.8) is 0 Å². The first kappa shape index (κ1) is 21.0. The third-order valence-electron chi connectivity index (χ3n) is 6.41. The fourth-order valence-electron chi connectivity index (χ4n) is 4.46. The van der Waals surface area contributed by atoms with Crippen molar-refractivity contribution in [1.29, 1.82) is 0 Å². The number of aryl methyl sites for hydroxylation is 1. The zero-order valence-corrected chi connectivity index (χ0v) is 18.0. The van der Waals surface area contributed by atoms with Gasteiger partial charge in [0.1, 0.15) is 12.4 Å². The summed E-state index contributed by atoms with van der Waals surface area (Å²) in [5, 5.41) is 0. The molecule has 0 spiro atoms. The van der Waals surface area contributed by atoms with E-state index in [9.17, 15) is 0 Å². The van der Waals surface area contributed by atoms with Gasteiger partial charge in [-0.05, 0) is 79.2 Å². The minimum absolute atomic E-state index is 0.651. The molecule has 2 aromatic rings. The van der Waals surface area contributed by atoms with E-state index in [0.29, 0.717) is 6.61 Å². The van der Waals surface area contributed by atoms with E-state index in [4.69, 9.17) is 4.74 Å². The summed E-state index contributed by atoms with van der Waals surface area (Å²) >= 11 is 0. The van der Waals surface area contributed by atoms with Crippen LogP contribution in [0, 0.1) is 5.92 Å². The maximum atomic E-state index is 5.99. The molecule has 0 aliphatic heterocycles. The number of rotatable bonds is 10. The van der Waals surface area contributed by atoms with Crippen LogP contribution in [0.15, 0.2) is 48.5 Å². The summed E-state index contributed by atoms with van der Waals surface area (Å²) in [6, 6.07) is 17.8. The van der Waals surface area contributed by atoms with Crippen molar-refractivity contribution >= 4 is 0 Å². The van der Waals surface area contributed by atoms with Gasteiger partial charge >= 0.3 is 0 Å². The molecule has 0 amide bonds.